The van der Waals surface area contributed by atoms with Crippen LogP contribution in [0.5, 0.6) is 0 Å². The van der Waals surface area contributed by atoms with Gasteiger partial charge in [0, 0.05) is 17.5 Å². The molecule has 18 heavy (non-hydrogen) atoms. The third-order valence-corrected chi connectivity index (χ3v) is 2.85. The van der Waals surface area contributed by atoms with Crippen molar-refractivity contribution in [2.24, 2.45) is 5.84 Å². The Morgan fingerprint density at radius 1 is 1.28 bits per heavy atom. The summed E-state index contributed by atoms with van der Waals surface area (Å²) in [5.74, 6) is 5.14. The first kappa shape index (κ1) is 12.7. The lowest BCUT2D eigenvalue weighted by molar-refractivity contribution is 0.495. The lowest BCUT2D eigenvalue weighted by Gasteiger charge is -2.17. The summed E-state index contributed by atoms with van der Waals surface area (Å²) in [5.41, 5.74) is 3.37. The molecule has 1 heterocycles. The highest BCUT2D eigenvalue weighted by atomic mass is 19.1. The quantitative estimate of drug-likeness (QED) is 0.649. The molecule has 1 aromatic heterocycles. The van der Waals surface area contributed by atoms with Gasteiger partial charge in [-0.1, -0.05) is 6.92 Å². The van der Waals surface area contributed by atoms with Crippen molar-refractivity contribution < 1.29 is 13.2 Å². The molecule has 1 unspecified atom stereocenters. The lowest BCUT2D eigenvalue weighted by Crippen LogP contribution is -2.30. The van der Waals surface area contributed by atoms with Crippen LogP contribution >= 0.6 is 0 Å². The molecule has 0 radical (unpaired) electrons. The van der Waals surface area contributed by atoms with E-state index in [0.29, 0.717) is 17.7 Å². The number of hydrazine groups is 1. The average Bonchev–Trinajstić information content (AvgIpc) is 2.83. The maximum absolute atomic E-state index is 13.7. The Kier molecular flexibility index (Phi) is 3.74. The van der Waals surface area contributed by atoms with Crippen molar-refractivity contribution >= 4 is 0 Å². The fraction of sp³-hybridized carbons (Fsp3) is 0.231. The highest BCUT2D eigenvalue weighted by molar-refractivity contribution is 5.34. The minimum absolute atomic E-state index is 0.161. The number of rotatable bonds is 4. The van der Waals surface area contributed by atoms with Gasteiger partial charge in [0.2, 0.25) is 0 Å². The van der Waals surface area contributed by atoms with Crippen LogP contribution < -0.4 is 11.3 Å². The minimum Gasteiger partial charge on any atom is -0.469 e. The van der Waals surface area contributed by atoms with Gasteiger partial charge in [0.1, 0.15) is 17.4 Å². The first-order valence-electron chi connectivity index (χ1n) is 5.64. The standard InChI is InChI=1S/C13H14F2N2O/c1-2-12-9(5-6-18-12)13(17-16)10-7-8(14)3-4-11(10)15/h3-7,13,17H,2,16H2,1H3. The van der Waals surface area contributed by atoms with Crippen LogP contribution in [0.25, 0.3) is 0 Å². The molecular weight excluding hydrogens is 238 g/mol. The normalized spacial score (nSPS) is 12.7. The van der Waals surface area contributed by atoms with Crippen LogP contribution in [-0.2, 0) is 6.42 Å². The fourth-order valence-electron chi connectivity index (χ4n) is 1.98. The lowest BCUT2D eigenvalue weighted by atomic mass is 9.98. The third-order valence-electron chi connectivity index (χ3n) is 2.85. The Balaban J connectivity index is 2.48. The van der Waals surface area contributed by atoms with Gasteiger partial charge in [-0.25, -0.2) is 14.2 Å². The number of hydrogen-bond acceptors (Lipinski definition) is 3. The van der Waals surface area contributed by atoms with E-state index in [9.17, 15) is 8.78 Å². The van der Waals surface area contributed by atoms with Crippen molar-refractivity contribution in [3.05, 3.63) is 59.1 Å². The molecule has 3 N–H and O–H groups in total. The summed E-state index contributed by atoms with van der Waals surface area (Å²) >= 11 is 0. The average molecular weight is 252 g/mol. The van der Waals surface area contributed by atoms with E-state index < -0.39 is 17.7 Å². The second-order valence-corrected chi connectivity index (χ2v) is 3.92. The van der Waals surface area contributed by atoms with Gasteiger partial charge in [-0.3, -0.25) is 5.84 Å². The van der Waals surface area contributed by atoms with Gasteiger partial charge in [-0.2, -0.15) is 0 Å². The van der Waals surface area contributed by atoms with Gasteiger partial charge >= 0.3 is 0 Å². The first-order valence-corrected chi connectivity index (χ1v) is 5.64. The van der Waals surface area contributed by atoms with E-state index in [4.69, 9.17) is 10.3 Å². The largest absolute Gasteiger partial charge is 0.469 e. The highest BCUT2D eigenvalue weighted by Crippen LogP contribution is 2.28. The highest BCUT2D eigenvalue weighted by Gasteiger charge is 2.21. The van der Waals surface area contributed by atoms with Gasteiger partial charge in [-0.15, -0.1) is 0 Å². The SMILES string of the molecule is CCc1occc1C(NN)c1cc(F)ccc1F. The van der Waals surface area contributed by atoms with Gasteiger partial charge in [0.05, 0.1) is 12.3 Å². The summed E-state index contributed by atoms with van der Waals surface area (Å²) in [4.78, 5) is 0. The number of aryl methyl sites for hydroxylation is 1. The number of nitrogens with one attached hydrogen (secondary N) is 1. The molecule has 0 aliphatic heterocycles. The van der Waals surface area contributed by atoms with E-state index in [1.807, 2.05) is 6.92 Å². The van der Waals surface area contributed by atoms with Gasteiger partial charge in [0.15, 0.2) is 0 Å². The molecule has 96 valence electrons. The van der Waals surface area contributed by atoms with Gasteiger partial charge in [-0.05, 0) is 24.3 Å². The number of hydrogen-bond donors (Lipinski definition) is 2. The maximum atomic E-state index is 13.7. The van der Waals surface area contributed by atoms with E-state index in [1.54, 1.807) is 6.07 Å². The number of nitrogens with two attached hydrogens (primary N) is 1. The Morgan fingerprint density at radius 2 is 2.06 bits per heavy atom. The van der Waals surface area contributed by atoms with Crippen LogP contribution in [-0.4, -0.2) is 0 Å². The minimum atomic E-state index is -0.630. The van der Waals surface area contributed by atoms with Crippen molar-refractivity contribution in [3.63, 3.8) is 0 Å². The summed E-state index contributed by atoms with van der Waals surface area (Å²) in [6.07, 6.45) is 2.16. The van der Waals surface area contributed by atoms with Gasteiger partial charge in [0.25, 0.3) is 0 Å². The summed E-state index contributed by atoms with van der Waals surface area (Å²) < 4.78 is 32.2. The molecule has 0 saturated carbocycles. The molecule has 1 aromatic carbocycles. The Labute approximate surface area is 104 Å². The fourth-order valence-corrected chi connectivity index (χ4v) is 1.98. The second-order valence-electron chi connectivity index (χ2n) is 3.92. The predicted octanol–water partition coefficient (Wildman–Crippen LogP) is 2.67. The summed E-state index contributed by atoms with van der Waals surface area (Å²) in [6.45, 7) is 1.91. The van der Waals surface area contributed by atoms with Crippen molar-refractivity contribution in [2.45, 2.75) is 19.4 Å². The van der Waals surface area contributed by atoms with Crippen molar-refractivity contribution in [3.8, 4) is 0 Å². The molecule has 0 bridgehead atoms. The topological polar surface area (TPSA) is 51.2 Å². The summed E-state index contributed by atoms with van der Waals surface area (Å²) in [6, 6.07) is 4.36. The number of halogens is 2. The van der Waals surface area contributed by atoms with Crippen molar-refractivity contribution in [1.29, 1.82) is 0 Å². The maximum Gasteiger partial charge on any atom is 0.128 e. The van der Waals surface area contributed by atoms with Gasteiger partial charge < -0.3 is 4.42 Å². The molecule has 2 aromatic rings. The Morgan fingerprint density at radius 3 is 2.72 bits per heavy atom. The molecule has 0 aliphatic rings. The van der Waals surface area contributed by atoms with Crippen molar-refractivity contribution in [2.75, 3.05) is 0 Å². The van der Waals surface area contributed by atoms with E-state index in [2.05, 4.69) is 5.43 Å². The van der Waals surface area contributed by atoms with Crippen LogP contribution in [0.1, 0.15) is 29.9 Å². The predicted molar refractivity (Wildman–Crippen MR) is 63.6 cm³/mol. The molecule has 5 heteroatoms. The summed E-state index contributed by atoms with van der Waals surface area (Å²) in [7, 11) is 0. The van der Waals surface area contributed by atoms with Crippen molar-refractivity contribution in [1.82, 2.24) is 5.43 Å². The zero-order valence-corrected chi connectivity index (χ0v) is 9.91. The smallest absolute Gasteiger partial charge is 0.128 e. The molecule has 3 nitrogen and oxygen atoms in total. The zero-order valence-electron chi connectivity index (χ0n) is 9.91. The third kappa shape index (κ3) is 2.27. The molecule has 2 rings (SSSR count). The second kappa shape index (κ2) is 5.29. The molecule has 0 fully saturated rings. The Hall–Kier alpha value is -1.72. The molecule has 0 saturated heterocycles. The van der Waals surface area contributed by atoms with Crippen LogP contribution in [0.3, 0.4) is 0 Å². The molecule has 0 amide bonds. The van der Waals surface area contributed by atoms with E-state index in [1.165, 1.54) is 6.26 Å². The zero-order chi connectivity index (χ0) is 13.1. The Bertz CT molecular complexity index is 540. The molecule has 1 atom stereocenters. The number of benzene rings is 1. The van der Waals surface area contributed by atoms with E-state index in [0.717, 1.165) is 18.2 Å². The van der Waals surface area contributed by atoms with E-state index >= 15 is 0 Å². The van der Waals surface area contributed by atoms with Crippen LogP contribution in [0.15, 0.2) is 34.9 Å². The number of furan rings is 1. The van der Waals surface area contributed by atoms with Crippen LogP contribution in [0, 0.1) is 11.6 Å². The first-order chi connectivity index (χ1) is 8.67. The summed E-state index contributed by atoms with van der Waals surface area (Å²) in [5, 5.41) is 0. The molecular formula is C13H14F2N2O. The monoisotopic (exact) mass is 252 g/mol. The van der Waals surface area contributed by atoms with Crippen LogP contribution in [0.2, 0.25) is 0 Å². The molecule has 0 spiro atoms. The van der Waals surface area contributed by atoms with Crippen LogP contribution in [0.4, 0.5) is 8.78 Å². The molecule has 0 aliphatic carbocycles. The van der Waals surface area contributed by atoms with E-state index in [-0.39, 0.29) is 5.56 Å².